The van der Waals surface area contributed by atoms with Crippen LogP contribution in [0.3, 0.4) is 0 Å². The lowest BCUT2D eigenvalue weighted by Crippen LogP contribution is -2.53. The molecule has 2 fully saturated rings. The molecule has 0 amide bonds. The summed E-state index contributed by atoms with van der Waals surface area (Å²) < 4.78 is 59.8. The summed E-state index contributed by atoms with van der Waals surface area (Å²) in [5.41, 5.74) is -1.01. The number of likely N-dealkylation sites (tertiary alicyclic amines) is 1. The summed E-state index contributed by atoms with van der Waals surface area (Å²) in [6, 6.07) is 7.71. The molecule has 0 N–H and O–H groups in total. The van der Waals surface area contributed by atoms with Gasteiger partial charge in [0.25, 0.3) is 11.4 Å². The molecule has 0 bridgehead atoms. The Morgan fingerprint density at radius 2 is 1.56 bits per heavy atom. The predicted molar refractivity (Wildman–Crippen MR) is 145 cm³/mol. The molecule has 41 heavy (non-hydrogen) atoms. The lowest BCUT2D eigenvalue weighted by atomic mass is 9.88. The average Bonchev–Trinajstić information content (AvgIpc) is 2.94. The molecule has 2 atom stereocenters. The van der Waals surface area contributed by atoms with Crippen molar-refractivity contribution in [3.63, 3.8) is 0 Å². The van der Waals surface area contributed by atoms with Crippen LogP contribution in [0.2, 0.25) is 0 Å². The molecule has 2 aromatic rings. The molecule has 222 valence electrons. The number of ketones is 1. The third-order valence-electron chi connectivity index (χ3n) is 7.44. The van der Waals surface area contributed by atoms with Gasteiger partial charge in [-0.3, -0.25) is 29.2 Å². The molecule has 1 unspecified atom stereocenters. The fraction of sp³-hybridized carbons (Fsp3) is 0.480. The van der Waals surface area contributed by atoms with Gasteiger partial charge in [-0.1, -0.05) is 12.1 Å². The van der Waals surface area contributed by atoms with Crippen molar-refractivity contribution in [3.8, 4) is 0 Å². The van der Waals surface area contributed by atoms with E-state index >= 15 is 0 Å². The maximum Gasteiger partial charge on any atom is 0.304 e. The zero-order chi connectivity index (χ0) is 29.9. The number of hydrogen-bond donors (Lipinski definition) is 0. The summed E-state index contributed by atoms with van der Waals surface area (Å²) >= 11 is 0. The minimum absolute atomic E-state index is 0.00987. The molecular weight excluding hydrogens is 580 g/mol. The Labute approximate surface area is 237 Å². The van der Waals surface area contributed by atoms with Gasteiger partial charge in [0.05, 0.1) is 26.9 Å². The molecular formula is C25H30N4O10S2. The van der Waals surface area contributed by atoms with Gasteiger partial charge >= 0.3 is 10.1 Å². The smallest absolute Gasteiger partial charge is 0.304 e. The summed E-state index contributed by atoms with van der Waals surface area (Å²) in [7, 11) is -7.12. The minimum Gasteiger partial charge on any atom is -0.306 e. The van der Waals surface area contributed by atoms with E-state index in [2.05, 4.69) is 4.90 Å². The predicted octanol–water partition coefficient (Wildman–Crippen LogP) is 2.73. The minimum atomic E-state index is -4.68. The first kappa shape index (κ1) is 30.6. The maximum absolute atomic E-state index is 13.7. The van der Waals surface area contributed by atoms with Crippen LogP contribution in [0, 0.1) is 26.1 Å². The third-order valence-corrected chi connectivity index (χ3v) is 10.7. The van der Waals surface area contributed by atoms with E-state index in [1.165, 1.54) is 12.1 Å². The molecule has 0 saturated carbocycles. The largest absolute Gasteiger partial charge is 0.306 e. The highest BCUT2D eigenvalue weighted by atomic mass is 32.2. The van der Waals surface area contributed by atoms with Gasteiger partial charge in [0.15, 0.2) is 10.7 Å². The molecule has 2 saturated heterocycles. The van der Waals surface area contributed by atoms with E-state index in [0.717, 1.165) is 66.6 Å². The first-order valence-electron chi connectivity index (χ1n) is 12.9. The number of hydrogen-bond acceptors (Lipinski definition) is 11. The number of nitro benzene ring substituents is 2. The Bertz CT molecular complexity index is 1520. The van der Waals surface area contributed by atoms with E-state index in [1.807, 2.05) is 7.05 Å². The Hall–Kier alpha value is -3.31. The van der Waals surface area contributed by atoms with Gasteiger partial charge in [-0.15, -0.1) is 0 Å². The number of benzene rings is 2. The van der Waals surface area contributed by atoms with Gasteiger partial charge in [-0.2, -0.15) is 12.7 Å². The fourth-order valence-electron chi connectivity index (χ4n) is 5.19. The highest BCUT2D eigenvalue weighted by Gasteiger charge is 2.43. The highest BCUT2D eigenvalue weighted by molar-refractivity contribution is 7.89. The van der Waals surface area contributed by atoms with Crippen molar-refractivity contribution >= 4 is 37.3 Å². The van der Waals surface area contributed by atoms with Crippen molar-refractivity contribution in [3.05, 3.63) is 68.8 Å². The van der Waals surface area contributed by atoms with Crippen molar-refractivity contribution in [1.29, 1.82) is 0 Å². The van der Waals surface area contributed by atoms with Crippen LogP contribution in [0.5, 0.6) is 0 Å². The van der Waals surface area contributed by atoms with Gasteiger partial charge in [0, 0.05) is 31.2 Å². The number of Topliss-reactive ketones (excluding diaryl/α,β-unsaturated/α-hetero) is 1. The Balaban J connectivity index is 1.62. The van der Waals surface area contributed by atoms with Crippen LogP contribution in [0.25, 0.3) is 0 Å². The number of nitrogens with zero attached hydrogens (tertiary/aromatic N) is 4. The monoisotopic (exact) mass is 610 g/mol. The number of piperidine rings is 2. The molecule has 14 nitrogen and oxygen atoms in total. The molecule has 0 spiro atoms. The zero-order valence-corrected chi connectivity index (χ0v) is 23.8. The lowest BCUT2D eigenvalue weighted by Gasteiger charge is -2.38. The molecule has 2 aromatic carbocycles. The second-order valence-electron chi connectivity index (χ2n) is 10.2. The Morgan fingerprint density at radius 3 is 2.17 bits per heavy atom. The SMILES string of the molecule is CN1CCC(CC(=O)[C@@H]2CCC(OS(=O)(=O)c3ccccc3[N+](=O)[O-])CN2S(=O)(=O)c2ccc([N+](=O)[O-])cc2)CC1. The topological polar surface area (TPSA) is 187 Å². The quantitative estimate of drug-likeness (QED) is 0.219. The van der Waals surface area contributed by atoms with Crippen molar-refractivity contribution in [1.82, 2.24) is 9.21 Å². The summed E-state index contributed by atoms with van der Waals surface area (Å²) in [5.74, 6) is -0.222. The number of para-hydroxylation sites is 1. The van der Waals surface area contributed by atoms with Crippen molar-refractivity contribution in [2.75, 3.05) is 26.7 Å². The molecule has 2 aliphatic rings. The standard InChI is InChI=1S/C25H30N4O10S2/c1-26-14-12-18(13-15-26)16-24(30)22-11-8-20(39-41(37,38)25-5-3-2-4-23(25)29(33)34)17-27(22)40(35,36)21-9-6-19(7-10-21)28(31)32/h2-7,9-10,18,20,22H,8,11-17H2,1H3/t20?,22-/m0/s1. The van der Waals surface area contributed by atoms with Crippen LogP contribution in [0.15, 0.2) is 58.3 Å². The van der Waals surface area contributed by atoms with Gasteiger partial charge in [-0.05, 0) is 69.9 Å². The van der Waals surface area contributed by atoms with Crippen LogP contribution < -0.4 is 0 Å². The number of nitro groups is 2. The molecule has 2 aliphatic heterocycles. The van der Waals surface area contributed by atoms with E-state index in [9.17, 15) is 41.9 Å². The van der Waals surface area contributed by atoms with Gasteiger partial charge in [-0.25, -0.2) is 8.42 Å². The second-order valence-corrected chi connectivity index (χ2v) is 13.7. The molecule has 0 aliphatic carbocycles. The van der Waals surface area contributed by atoms with E-state index in [1.54, 1.807) is 0 Å². The van der Waals surface area contributed by atoms with Crippen LogP contribution in [0.4, 0.5) is 11.4 Å². The van der Waals surface area contributed by atoms with E-state index in [0.29, 0.717) is 0 Å². The van der Waals surface area contributed by atoms with E-state index in [4.69, 9.17) is 4.18 Å². The van der Waals surface area contributed by atoms with E-state index in [-0.39, 0.29) is 41.5 Å². The van der Waals surface area contributed by atoms with Crippen LogP contribution >= 0.6 is 0 Å². The number of sulfonamides is 1. The normalized spacial score (nSPS) is 21.4. The molecule has 4 rings (SSSR count). The fourth-order valence-corrected chi connectivity index (χ4v) is 8.12. The summed E-state index contributed by atoms with van der Waals surface area (Å²) in [6.07, 6.45) is 0.462. The van der Waals surface area contributed by atoms with Crippen LogP contribution in [-0.2, 0) is 29.1 Å². The first-order valence-corrected chi connectivity index (χ1v) is 15.8. The van der Waals surface area contributed by atoms with Crippen molar-refractivity contribution < 1.29 is 35.7 Å². The number of carbonyl (C=O) groups is 1. The number of non-ortho nitro benzene ring substituents is 1. The molecule has 2 heterocycles. The van der Waals surface area contributed by atoms with Crippen LogP contribution in [-0.4, -0.2) is 80.5 Å². The average molecular weight is 611 g/mol. The number of rotatable bonds is 10. The second kappa shape index (κ2) is 12.3. The summed E-state index contributed by atoms with van der Waals surface area (Å²) in [4.78, 5) is 35.5. The van der Waals surface area contributed by atoms with Crippen LogP contribution in [0.1, 0.15) is 32.1 Å². The lowest BCUT2D eigenvalue weighted by molar-refractivity contribution is -0.387. The maximum atomic E-state index is 13.7. The molecule has 0 aromatic heterocycles. The highest BCUT2D eigenvalue weighted by Crippen LogP contribution is 2.33. The third kappa shape index (κ3) is 6.95. The molecule has 16 heteroatoms. The summed E-state index contributed by atoms with van der Waals surface area (Å²) in [5, 5.41) is 22.4. The zero-order valence-electron chi connectivity index (χ0n) is 22.2. The van der Waals surface area contributed by atoms with Gasteiger partial charge < -0.3 is 4.90 Å². The number of carbonyl (C=O) groups excluding carboxylic acids is 1. The van der Waals surface area contributed by atoms with Crippen molar-refractivity contribution in [2.24, 2.45) is 5.92 Å². The van der Waals surface area contributed by atoms with Gasteiger partial charge in [0.2, 0.25) is 10.0 Å². The Kier molecular flexibility index (Phi) is 9.18. The van der Waals surface area contributed by atoms with E-state index < -0.39 is 59.3 Å². The van der Waals surface area contributed by atoms with Gasteiger partial charge in [0.1, 0.15) is 0 Å². The molecule has 0 radical (unpaired) electrons. The van der Waals surface area contributed by atoms with Crippen molar-refractivity contribution in [2.45, 2.75) is 54.0 Å². The first-order chi connectivity index (χ1) is 19.3. The Morgan fingerprint density at radius 1 is 0.927 bits per heavy atom. The summed E-state index contributed by atoms with van der Waals surface area (Å²) in [6.45, 7) is 1.11.